The minimum absolute atomic E-state index is 0.203. The van der Waals surface area contributed by atoms with E-state index in [9.17, 15) is 8.42 Å². The number of hydrogen-bond acceptors (Lipinski definition) is 3. The zero-order valence-corrected chi connectivity index (χ0v) is 12.2. The first-order chi connectivity index (χ1) is 9.48. The molecule has 104 valence electrons. The van der Waals surface area contributed by atoms with E-state index in [1.807, 2.05) is 6.07 Å². The summed E-state index contributed by atoms with van der Waals surface area (Å²) < 4.78 is 26.8. The van der Waals surface area contributed by atoms with Crippen LogP contribution in [0.1, 0.15) is 5.56 Å². The van der Waals surface area contributed by atoms with Gasteiger partial charge < -0.3 is 5.73 Å². The molecule has 2 aromatic rings. The highest BCUT2D eigenvalue weighted by Crippen LogP contribution is 2.34. The molecular weight excluding hydrogens is 296 g/mol. The van der Waals surface area contributed by atoms with Crippen molar-refractivity contribution in [3.63, 3.8) is 0 Å². The Kier molecular flexibility index (Phi) is 3.11. The Balaban J connectivity index is 2.07. The molecule has 2 N–H and O–H groups in total. The summed E-state index contributed by atoms with van der Waals surface area (Å²) in [6.07, 6.45) is 0.667. The van der Waals surface area contributed by atoms with Gasteiger partial charge in [0.15, 0.2) is 0 Å². The number of benzene rings is 2. The van der Waals surface area contributed by atoms with Crippen LogP contribution in [0, 0.1) is 0 Å². The van der Waals surface area contributed by atoms with Gasteiger partial charge in [-0.3, -0.25) is 4.31 Å². The van der Waals surface area contributed by atoms with E-state index in [1.165, 1.54) is 10.4 Å². The molecule has 1 heterocycles. The molecule has 0 fully saturated rings. The largest absolute Gasteiger partial charge is 0.399 e. The van der Waals surface area contributed by atoms with Crippen LogP contribution in [0.4, 0.5) is 11.4 Å². The van der Waals surface area contributed by atoms with Gasteiger partial charge in [-0.1, -0.05) is 17.7 Å². The average molecular weight is 309 g/mol. The minimum Gasteiger partial charge on any atom is -0.399 e. The number of fused-ring (bicyclic) bond motifs is 1. The van der Waals surface area contributed by atoms with Gasteiger partial charge in [-0.25, -0.2) is 8.42 Å². The maximum atomic E-state index is 12.7. The van der Waals surface area contributed by atoms with Crippen LogP contribution in [-0.4, -0.2) is 15.0 Å². The molecule has 0 unspecified atom stereocenters. The number of halogens is 1. The van der Waals surface area contributed by atoms with Crippen molar-refractivity contribution < 1.29 is 8.42 Å². The first-order valence-corrected chi connectivity index (χ1v) is 7.97. The Morgan fingerprint density at radius 1 is 1.15 bits per heavy atom. The molecule has 20 heavy (non-hydrogen) atoms. The van der Waals surface area contributed by atoms with Crippen molar-refractivity contribution in [2.45, 2.75) is 11.3 Å². The SMILES string of the molecule is Nc1ccc2c(c1)CCN2S(=O)(=O)c1cccc(Cl)c1. The van der Waals surface area contributed by atoms with Crippen LogP contribution >= 0.6 is 11.6 Å². The zero-order valence-electron chi connectivity index (χ0n) is 10.6. The molecule has 6 heteroatoms. The van der Waals surface area contributed by atoms with Crippen LogP contribution in [0.2, 0.25) is 5.02 Å². The zero-order chi connectivity index (χ0) is 14.3. The van der Waals surface area contributed by atoms with Crippen LogP contribution in [0.15, 0.2) is 47.4 Å². The van der Waals surface area contributed by atoms with Crippen molar-refractivity contribution in [2.24, 2.45) is 0 Å². The predicted octanol–water partition coefficient (Wildman–Crippen LogP) is 2.67. The standard InChI is InChI=1S/C14H13ClN2O2S/c15-11-2-1-3-13(9-11)20(18,19)17-7-6-10-8-12(16)4-5-14(10)17/h1-5,8-9H,6-7,16H2. The lowest BCUT2D eigenvalue weighted by Crippen LogP contribution is -2.29. The Morgan fingerprint density at radius 2 is 1.95 bits per heavy atom. The van der Waals surface area contributed by atoms with E-state index in [2.05, 4.69) is 0 Å². The number of nitrogen functional groups attached to an aromatic ring is 1. The highest BCUT2D eigenvalue weighted by molar-refractivity contribution is 7.92. The van der Waals surface area contributed by atoms with Gasteiger partial charge in [-0.15, -0.1) is 0 Å². The fourth-order valence-corrected chi connectivity index (χ4v) is 4.20. The van der Waals surface area contributed by atoms with E-state index in [-0.39, 0.29) is 4.90 Å². The lowest BCUT2D eigenvalue weighted by atomic mass is 10.1. The summed E-state index contributed by atoms with van der Waals surface area (Å²) in [6.45, 7) is 0.424. The maximum Gasteiger partial charge on any atom is 0.264 e. The minimum atomic E-state index is -3.58. The average Bonchev–Trinajstić information content (AvgIpc) is 2.82. The lowest BCUT2D eigenvalue weighted by Gasteiger charge is -2.19. The van der Waals surface area contributed by atoms with E-state index in [4.69, 9.17) is 17.3 Å². The van der Waals surface area contributed by atoms with Crippen LogP contribution in [-0.2, 0) is 16.4 Å². The molecule has 0 spiro atoms. The van der Waals surface area contributed by atoms with Gasteiger partial charge in [-0.05, 0) is 48.4 Å². The molecule has 0 saturated heterocycles. The molecular formula is C14H13ClN2O2S. The molecule has 1 aliphatic heterocycles. The normalized spacial score (nSPS) is 14.3. The molecule has 0 bridgehead atoms. The summed E-state index contributed by atoms with van der Waals surface area (Å²) in [5.41, 5.74) is 8.02. The quantitative estimate of drug-likeness (QED) is 0.868. The van der Waals surface area contributed by atoms with E-state index >= 15 is 0 Å². The van der Waals surface area contributed by atoms with E-state index in [1.54, 1.807) is 30.3 Å². The van der Waals surface area contributed by atoms with Gasteiger partial charge in [0.25, 0.3) is 10.0 Å². The number of rotatable bonds is 2. The summed E-state index contributed by atoms with van der Waals surface area (Å²) in [7, 11) is -3.58. The molecule has 0 aromatic heterocycles. The Morgan fingerprint density at radius 3 is 2.70 bits per heavy atom. The highest BCUT2D eigenvalue weighted by atomic mass is 35.5. The van der Waals surface area contributed by atoms with Crippen LogP contribution in [0.3, 0.4) is 0 Å². The van der Waals surface area contributed by atoms with Crippen molar-refractivity contribution in [1.29, 1.82) is 0 Å². The summed E-state index contributed by atoms with van der Waals surface area (Å²) in [4.78, 5) is 0.203. The maximum absolute atomic E-state index is 12.7. The topological polar surface area (TPSA) is 63.4 Å². The Labute approximate surface area is 122 Å². The van der Waals surface area contributed by atoms with E-state index in [0.717, 1.165) is 5.56 Å². The van der Waals surface area contributed by atoms with Crippen molar-refractivity contribution in [3.8, 4) is 0 Å². The molecule has 0 radical (unpaired) electrons. The van der Waals surface area contributed by atoms with Gasteiger partial charge in [-0.2, -0.15) is 0 Å². The van der Waals surface area contributed by atoms with Gasteiger partial charge in [0.2, 0.25) is 0 Å². The smallest absolute Gasteiger partial charge is 0.264 e. The van der Waals surface area contributed by atoms with Gasteiger partial charge in [0.1, 0.15) is 0 Å². The molecule has 0 saturated carbocycles. The van der Waals surface area contributed by atoms with Crippen molar-refractivity contribution in [2.75, 3.05) is 16.6 Å². The van der Waals surface area contributed by atoms with Crippen LogP contribution in [0.25, 0.3) is 0 Å². The summed E-state index contributed by atoms with van der Waals surface area (Å²) >= 11 is 5.88. The third-order valence-electron chi connectivity index (χ3n) is 3.34. The molecule has 0 aliphatic carbocycles. The molecule has 0 amide bonds. The molecule has 3 rings (SSSR count). The summed E-state index contributed by atoms with van der Waals surface area (Å²) in [5, 5.41) is 0.405. The van der Waals surface area contributed by atoms with Crippen molar-refractivity contribution in [3.05, 3.63) is 53.1 Å². The van der Waals surface area contributed by atoms with Crippen molar-refractivity contribution in [1.82, 2.24) is 0 Å². The third-order valence-corrected chi connectivity index (χ3v) is 5.38. The number of sulfonamides is 1. The number of anilines is 2. The molecule has 2 aromatic carbocycles. The second kappa shape index (κ2) is 4.68. The first kappa shape index (κ1) is 13.3. The molecule has 0 atom stereocenters. The fourth-order valence-electron chi connectivity index (χ4n) is 2.40. The Bertz CT molecular complexity index is 774. The first-order valence-electron chi connectivity index (χ1n) is 6.15. The molecule has 4 nitrogen and oxygen atoms in total. The summed E-state index contributed by atoms with van der Waals surface area (Å²) in [6, 6.07) is 11.6. The van der Waals surface area contributed by atoms with E-state index < -0.39 is 10.0 Å². The third kappa shape index (κ3) is 2.13. The van der Waals surface area contributed by atoms with Gasteiger partial charge >= 0.3 is 0 Å². The number of nitrogens with two attached hydrogens (primary N) is 1. The summed E-state index contributed by atoms with van der Waals surface area (Å²) in [5.74, 6) is 0. The second-order valence-electron chi connectivity index (χ2n) is 4.67. The second-order valence-corrected chi connectivity index (χ2v) is 6.97. The van der Waals surface area contributed by atoms with Crippen LogP contribution < -0.4 is 10.0 Å². The monoisotopic (exact) mass is 308 g/mol. The number of hydrogen-bond donors (Lipinski definition) is 1. The predicted molar refractivity (Wildman–Crippen MR) is 80.5 cm³/mol. The van der Waals surface area contributed by atoms with Crippen LogP contribution in [0.5, 0.6) is 0 Å². The number of nitrogens with zero attached hydrogens (tertiary/aromatic N) is 1. The van der Waals surface area contributed by atoms with Crippen molar-refractivity contribution >= 4 is 33.0 Å². The fraction of sp³-hybridized carbons (Fsp3) is 0.143. The van der Waals surface area contributed by atoms with E-state index in [0.29, 0.717) is 29.4 Å². The lowest BCUT2D eigenvalue weighted by molar-refractivity contribution is 0.592. The van der Waals surface area contributed by atoms with Gasteiger partial charge in [0, 0.05) is 17.3 Å². The Hall–Kier alpha value is -1.72. The van der Waals surface area contributed by atoms with Gasteiger partial charge in [0.05, 0.1) is 10.6 Å². The highest BCUT2D eigenvalue weighted by Gasteiger charge is 2.30. The molecule has 1 aliphatic rings.